The number of anilines is 1. The Bertz CT molecular complexity index is 1520. The van der Waals surface area contributed by atoms with Crippen LogP contribution in [0.4, 0.5) is 5.82 Å². The van der Waals surface area contributed by atoms with Crippen molar-refractivity contribution in [3.8, 4) is 16.9 Å². The summed E-state index contributed by atoms with van der Waals surface area (Å²) >= 11 is 12.5. The van der Waals surface area contributed by atoms with E-state index in [2.05, 4.69) is 41.0 Å². The molecule has 0 bridgehead atoms. The molecular formula is C21H16Cl2N10O. The van der Waals surface area contributed by atoms with Crippen LogP contribution in [-0.4, -0.2) is 46.3 Å². The molecule has 11 nitrogen and oxygen atoms in total. The monoisotopic (exact) mass is 494 g/mol. The number of carbonyl (C=O) groups excluding carboxylic acids is 1. The van der Waals surface area contributed by atoms with Crippen molar-refractivity contribution >= 4 is 51.9 Å². The molecule has 0 spiro atoms. The van der Waals surface area contributed by atoms with Crippen molar-refractivity contribution in [2.75, 3.05) is 5.73 Å². The highest BCUT2D eigenvalue weighted by atomic mass is 35.5. The molecule has 5 aromatic rings. The number of halogens is 2. The van der Waals surface area contributed by atoms with E-state index in [4.69, 9.17) is 28.9 Å². The minimum atomic E-state index is -0.328. The molecule has 0 saturated carbocycles. The van der Waals surface area contributed by atoms with Crippen LogP contribution in [0.15, 0.2) is 48.8 Å². The van der Waals surface area contributed by atoms with Crippen LogP contribution in [0.1, 0.15) is 11.4 Å². The van der Waals surface area contributed by atoms with Crippen LogP contribution >= 0.6 is 23.2 Å². The standard InChI is InChI=1S/C21H16Cl2N10O/c22-13-3-5-16(33-10-26-31-32-33)11(7-13)2-6-18(34)25-9-17-27-19(20(23)28-17)12-1-4-14-15(8-12)29-30-21(14)24/h1-8,10H,9H2,(H,25,34)(H,27,28)(H3,24,29,30). The third-order valence-corrected chi connectivity index (χ3v) is 5.51. The maximum absolute atomic E-state index is 12.4. The van der Waals surface area contributed by atoms with Gasteiger partial charge in [-0.1, -0.05) is 29.3 Å². The average Bonchev–Trinajstić information content (AvgIpc) is 3.57. The Labute approximate surface area is 202 Å². The van der Waals surface area contributed by atoms with Crippen molar-refractivity contribution < 1.29 is 4.79 Å². The van der Waals surface area contributed by atoms with Gasteiger partial charge in [0, 0.05) is 27.6 Å². The van der Waals surface area contributed by atoms with E-state index >= 15 is 0 Å². The van der Waals surface area contributed by atoms with Gasteiger partial charge in [-0.3, -0.25) is 9.89 Å². The molecule has 0 aliphatic heterocycles. The fraction of sp³-hybridized carbons (Fsp3) is 0.0476. The second kappa shape index (κ2) is 8.96. The number of nitrogens with zero attached hydrogens (tertiary/aromatic N) is 6. The van der Waals surface area contributed by atoms with Crippen LogP contribution in [0.5, 0.6) is 0 Å². The van der Waals surface area contributed by atoms with Crippen LogP contribution in [0.25, 0.3) is 33.9 Å². The SMILES string of the molecule is Nc1n[nH]c2cc(-c3nc(CNC(=O)C=Cc4cc(Cl)ccc4-n4cnnn4)[nH]c3Cl)ccc12. The molecule has 0 unspecified atom stereocenters. The zero-order valence-corrected chi connectivity index (χ0v) is 18.8. The normalized spacial score (nSPS) is 11.5. The number of H-pyrrole nitrogens is 2. The molecule has 34 heavy (non-hydrogen) atoms. The average molecular weight is 495 g/mol. The van der Waals surface area contributed by atoms with Gasteiger partial charge in [-0.15, -0.1) is 5.10 Å². The number of aromatic amines is 2. The third kappa shape index (κ3) is 4.34. The molecule has 5 N–H and O–H groups in total. The molecule has 0 aliphatic carbocycles. The van der Waals surface area contributed by atoms with Crippen LogP contribution in [-0.2, 0) is 11.3 Å². The number of tetrazole rings is 1. The lowest BCUT2D eigenvalue weighted by molar-refractivity contribution is -0.116. The summed E-state index contributed by atoms with van der Waals surface area (Å²) in [5.74, 6) is 0.600. The zero-order chi connectivity index (χ0) is 23.7. The molecule has 0 radical (unpaired) electrons. The van der Waals surface area contributed by atoms with Crippen molar-refractivity contribution in [3.05, 3.63) is 70.4 Å². The third-order valence-electron chi connectivity index (χ3n) is 5.00. The number of benzene rings is 2. The second-order valence-electron chi connectivity index (χ2n) is 7.22. The van der Waals surface area contributed by atoms with Crippen molar-refractivity contribution in [1.82, 2.24) is 45.7 Å². The van der Waals surface area contributed by atoms with Gasteiger partial charge in [0.25, 0.3) is 0 Å². The Morgan fingerprint density at radius 1 is 1.21 bits per heavy atom. The molecule has 1 amide bonds. The van der Waals surface area contributed by atoms with Crippen LogP contribution in [0.2, 0.25) is 10.2 Å². The summed E-state index contributed by atoms with van der Waals surface area (Å²) < 4.78 is 1.48. The fourth-order valence-electron chi connectivity index (χ4n) is 3.40. The van der Waals surface area contributed by atoms with Gasteiger partial charge in [0.1, 0.15) is 23.0 Å². The van der Waals surface area contributed by atoms with E-state index in [1.165, 1.54) is 17.1 Å². The van der Waals surface area contributed by atoms with Gasteiger partial charge in [0.2, 0.25) is 5.91 Å². The van der Waals surface area contributed by atoms with Gasteiger partial charge in [-0.25, -0.2) is 4.98 Å². The number of hydrogen-bond donors (Lipinski definition) is 4. The van der Waals surface area contributed by atoms with Crippen molar-refractivity contribution in [2.24, 2.45) is 0 Å². The Morgan fingerprint density at radius 3 is 2.91 bits per heavy atom. The molecule has 0 fully saturated rings. The van der Waals surface area contributed by atoms with E-state index in [-0.39, 0.29) is 12.5 Å². The highest BCUT2D eigenvalue weighted by molar-refractivity contribution is 6.32. The summed E-state index contributed by atoms with van der Waals surface area (Å²) in [6, 6.07) is 10.8. The predicted octanol–water partition coefficient (Wildman–Crippen LogP) is 3.15. The first kappa shape index (κ1) is 21.6. The molecule has 5 rings (SSSR count). The summed E-state index contributed by atoms with van der Waals surface area (Å²) in [6.07, 6.45) is 4.48. The lowest BCUT2D eigenvalue weighted by Gasteiger charge is -2.05. The summed E-state index contributed by atoms with van der Waals surface area (Å²) in [5, 5.41) is 22.5. The van der Waals surface area contributed by atoms with Gasteiger partial charge < -0.3 is 16.0 Å². The Balaban J connectivity index is 1.28. The van der Waals surface area contributed by atoms with Gasteiger partial charge in [-0.05, 0) is 46.8 Å². The minimum Gasteiger partial charge on any atom is -0.382 e. The summed E-state index contributed by atoms with van der Waals surface area (Å²) in [7, 11) is 0. The van der Waals surface area contributed by atoms with Crippen LogP contribution in [0.3, 0.4) is 0 Å². The first-order valence-electron chi connectivity index (χ1n) is 9.95. The maximum Gasteiger partial charge on any atom is 0.244 e. The Morgan fingerprint density at radius 2 is 2.09 bits per heavy atom. The number of nitrogens with two attached hydrogens (primary N) is 1. The van der Waals surface area contributed by atoms with Gasteiger partial charge in [0.05, 0.1) is 17.7 Å². The number of carbonyl (C=O) groups is 1. The molecule has 170 valence electrons. The highest BCUT2D eigenvalue weighted by Gasteiger charge is 2.13. The molecule has 2 aromatic carbocycles. The number of fused-ring (bicyclic) bond motifs is 1. The van der Waals surface area contributed by atoms with Crippen molar-refractivity contribution in [3.63, 3.8) is 0 Å². The van der Waals surface area contributed by atoms with Crippen molar-refractivity contribution in [2.45, 2.75) is 6.54 Å². The largest absolute Gasteiger partial charge is 0.382 e. The zero-order valence-electron chi connectivity index (χ0n) is 17.3. The number of aromatic nitrogens is 8. The smallest absolute Gasteiger partial charge is 0.244 e. The van der Waals surface area contributed by atoms with E-state index < -0.39 is 0 Å². The van der Waals surface area contributed by atoms with E-state index in [9.17, 15) is 4.79 Å². The molecule has 0 atom stereocenters. The minimum absolute atomic E-state index is 0.150. The summed E-state index contributed by atoms with van der Waals surface area (Å²) in [5.41, 5.74) is 9.28. The topological polar surface area (TPSA) is 156 Å². The van der Waals surface area contributed by atoms with Crippen molar-refractivity contribution in [1.29, 1.82) is 0 Å². The van der Waals surface area contributed by atoms with E-state index in [0.29, 0.717) is 38.8 Å². The summed E-state index contributed by atoms with van der Waals surface area (Å²) in [6.45, 7) is 0.150. The summed E-state index contributed by atoms with van der Waals surface area (Å²) in [4.78, 5) is 19.9. The molecule has 0 saturated heterocycles. The predicted molar refractivity (Wildman–Crippen MR) is 128 cm³/mol. The second-order valence-corrected chi connectivity index (χ2v) is 8.04. The number of nitrogen functional groups attached to an aromatic ring is 1. The lowest BCUT2D eigenvalue weighted by Crippen LogP contribution is -2.21. The van der Waals surface area contributed by atoms with Crippen LogP contribution in [0, 0.1) is 0 Å². The molecule has 3 aromatic heterocycles. The van der Waals surface area contributed by atoms with Gasteiger partial charge in [-0.2, -0.15) is 9.78 Å². The number of hydrogen-bond acceptors (Lipinski definition) is 7. The molecule has 13 heteroatoms. The number of nitrogens with one attached hydrogen (secondary N) is 3. The van der Waals surface area contributed by atoms with E-state index in [0.717, 1.165) is 16.5 Å². The quantitative estimate of drug-likeness (QED) is 0.264. The Kier molecular flexibility index (Phi) is 5.70. The lowest BCUT2D eigenvalue weighted by atomic mass is 10.1. The van der Waals surface area contributed by atoms with Gasteiger partial charge in [0.15, 0.2) is 5.82 Å². The molecule has 3 heterocycles. The first-order chi connectivity index (χ1) is 16.5. The fourth-order valence-corrected chi connectivity index (χ4v) is 3.84. The number of imidazole rings is 1. The van der Waals surface area contributed by atoms with E-state index in [1.54, 1.807) is 24.3 Å². The Hall–Kier alpha value is -4.22. The first-order valence-corrected chi connectivity index (χ1v) is 10.7. The van der Waals surface area contributed by atoms with E-state index in [1.807, 2.05) is 18.2 Å². The highest BCUT2D eigenvalue weighted by Crippen LogP contribution is 2.29. The maximum atomic E-state index is 12.4. The molecule has 0 aliphatic rings. The number of rotatable bonds is 6. The van der Waals surface area contributed by atoms with Gasteiger partial charge >= 0.3 is 0 Å². The molecular weight excluding hydrogens is 479 g/mol. The van der Waals surface area contributed by atoms with Crippen LogP contribution < -0.4 is 11.1 Å². The number of amides is 1.